The number of likely N-dealkylation sites (tertiary alicyclic amines) is 1. The molecule has 1 aromatic heterocycles. The van der Waals surface area contributed by atoms with E-state index in [1.807, 2.05) is 12.2 Å². The number of aromatic nitrogens is 1. The maximum Gasteiger partial charge on any atom is 0.408 e. The Balaban J connectivity index is 1.17. The van der Waals surface area contributed by atoms with Crippen LogP contribution in [0.1, 0.15) is 88.9 Å². The third-order valence-corrected chi connectivity index (χ3v) is 14.7. The Kier molecular flexibility index (Phi) is 10.7. The lowest BCUT2D eigenvalue weighted by Crippen LogP contribution is -2.60. The zero-order valence-corrected chi connectivity index (χ0v) is 34.0. The average molecular weight is 829 g/mol. The molecule has 4 heterocycles. The molecule has 2 saturated heterocycles. The van der Waals surface area contributed by atoms with Crippen molar-refractivity contribution in [3.8, 4) is 17.0 Å². The molecule has 5 aliphatic rings. The van der Waals surface area contributed by atoms with E-state index < -0.39 is 91.1 Å². The van der Waals surface area contributed by atoms with Crippen molar-refractivity contribution >= 4 is 51.1 Å². The van der Waals surface area contributed by atoms with Gasteiger partial charge in [0, 0.05) is 48.3 Å². The van der Waals surface area contributed by atoms with Crippen LogP contribution >= 0.6 is 11.3 Å². The van der Waals surface area contributed by atoms with Gasteiger partial charge >= 0.3 is 6.09 Å². The fourth-order valence-corrected chi connectivity index (χ4v) is 10.2. The highest BCUT2D eigenvalue weighted by atomic mass is 32.2. The molecule has 0 spiro atoms. The number of alkyl carbamates (subject to hydrolysis) is 1. The number of fused-ring (bicyclic) bond motifs is 4. The summed E-state index contributed by atoms with van der Waals surface area (Å²) < 4.78 is 47.1. The van der Waals surface area contributed by atoms with Crippen LogP contribution in [0.3, 0.4) is 0 Å². The lowest BCUT2D eigenvalue weighted by atomic mass is 9.93. The van der Waals surface area contributed by atoms with E-state index in [1.54, 1.807) is 38.0 Å². The predicted octanol–water partition coefficient (Wildman–Crippen LogP) is 3.84. The van der Waals surface area contributed by atoms with E-state index in [9.17, 15) is 41.9 Å². The number of thiazole rings is 1. The number of phenolic OH excluding ortho intramolecular Hbond substituents is 1. The number of amides is 5. The molecular weight excluding hydrogens is 780 g/mol. The highest BCUT2D eigenvalue weighted by molar-refractivity contribution is 7.91. The van der Waals surface area contributed by atoms with Crippen LogP contribution in [0.5, 0.6) is 5.75 Å². The predicted molar refractivity (Wildman–Crippen MR) is 207 cm³/mol. The fourth-order valence-electron chi connectivity index (χ4n) is 8.09. The van der Waals surface area contributed by atoms with E-state index in [0.717, 1.165) is 30.2 Å². The summed E-state index contributed by atoms with van der Waals surface area (Å²) in [7, 11) is -4.04. The zero-order valence-electron chi connectivity index (χ0n) is 32.4. The van der Waals surface area contributed by atoms with E-state index in [1.165, 1.54) is 17.0 Å². The number of hydrogen-bond donors (Lipinski definition) is 4. The molecule has 0 radical (unpaired) electrons. The summed E-state index contributed by atoms with van der Waals surface area (Å²) in [5.74, 6) is -5.18. The molecule has 5 amide bonds. The molecule has 2 aromatic rings. The van der Waals surface area contributed by atoms with Crippen molar-refractivity contribution in [3.63, 3.8) is 0 Å². The molecule has 18 heteroatoms. The molecule has 7 rings (SSSR count). The molecule has 0 unspecified atom stereocenters. The topological polar surface area (TPSA) is 204 Å². The summed E-state index contributed by atoms with van der Waals surface area (Å²) in [6.07, 6.45) is 7.00. The molecule has 4 fully saturated rings. The lowest BCUT2D eigenvalue weighted by molar-refractivity contribution is -0.142. The quantitative estimate of drug-likeness (QED) is 0.310. The first-order valence-corrected chi connectivity index (χ1v) is 21.8. The van der Waals surface area contributed by atoms with E-state index >= 15 is 0 Å². The second kappa shape index (κ2) is 15.0. The van der Waals surface area contributed by atoms with Gasteiger partial charge in [-0.25, -0.2) is 22.6 Å². The van der Waals surface area contributed by atoms with Crippen LogP contribution < -0.4 is 15.4 Å². The summed E-state index contributed by atoms with van der Waals surface area (Å²) in [5.41, 5.74) is -1.69. The van der Waals surface area contributed by atoms with Crippen molar-refractivity contribution in [1.29, 1.82) is 0 Å². The highest BCUT2D eigenvalue weighted by Crippen LogP contribution is 2.48. The molecule has 2 saturated carbocycles. The molecule has 2 aliphatic carbocycles. The monoisotopic (exact) mass is 828 g/mol. The molecule has 57 heavy (non-hydrogen) atoms. The van der Waals surface area contributed by atoms with E-state index in [-0.39, 0.29) is 43.4 Å². The number of carbonyl (C=O) groups excluding carboxylic acids is 5. The normalized spacial score (nSPS) is 29.1. The maximum absolute atomic E-state index is 14.7. The maximum atomic E-state index is 14.7. The summed E-state index contributed by atoms with van der Waals surface area (Å²) >= 11 is 1.07. The number of benzene rings is 1. The second-order valence-corrected chi connectivity index (χ2v) is 20.2. The van der Waals surface area contributed by atoms with Gasteiger partial charge in [0.25, 0.3) is 11.8 Å². The first-order chi connectivity index (χ1) is 26.8. The van der Waals surface area contributed by atoms with Gasteiger partial charge in [-0.1, -0.05) is 25.0 Å². The van der Waals surface area contributed by atoms with Gasteiger partial charge in [0.15, 0.2) is 16.6 Å². The van der Waals surface area contributed by atoms with Crippen molar-refractivity contribution in [2.75, 3.05) is 19.6 Å². The number of nitrogens with zero attached hydrogens (tertiary/aromatic N) is 3. The minimum atomic E-state index is -4.04. The smallest absolute Gasteiger partial charge is 0.408 e. The first-order valence-electron chi connectivity index (χ1n) is 19.4. The first kappa shape index (κ1) is 40.6. The van der Waals surface area contributed by atoms with E-state index in [0.29, 0.717) is 36.9 Å². The minimum absolute atomic E-state index is 0.0630. The number of nitrogens with one attached hydrogen (secondary N) is 3. The number of aromatic hydroxyl groups is 1. The molecule has 4 N–H and O–H groups in total. The van der Waals surface area contributed by atoms with Crippen molar-refractivity contribution in [3.05, 3.63) is 46.6 Å². The van der Waals surface area contributed by atoms with Crippen LogP contribution in [0.2, 0.25) is 0 Å². The fraction of sp³-hybridized carbons (Fsp3) is 0.590. The van der Waals surface area contributed by atoms with Crippen LogP contribution in [-0.4, -0.2) is 106 Å². The van der Waals surface area contributed by atoms with Gasteiger partial charge in [0.2, 0.25) is 21.8 Å². The molecule has 1 aromatic carbocycles. The third kappa shape index (κ3) is 8.24. The van der Waals surface area contributed by atoms with Crippen molar-refractivity contribution in [2.24, 2.45) is 17.8 Å². The van der Waals surface area contributed by atoms with Crippen molar-refractivity contribution in [1.82, 2.24) is 30.1 Å². The number of hydrogen-bond acceptors (Lipinski definition) is 11. The highest BCUT2D eigenvalue weighted by Gasteiger charge is 2.64. The summed E-state index contributed by atoms with van der Waals surface area (Å²) in [6.45, 7) is 7.01. The molecule has 6 atom stereocenters. The number of halogens is 1. The molecule has 15 nitrogen and oxygen atoms in total. The summed E-state index contributed by atoms with van der Waals surface area (Å²) in [5, 5.41) is 17.0. The summed E-state index contributed by atoms with van der Waals surface area (Å²) in [6, 6.07) is 1.61. The molecule has 308 valence electrons. The molecule has 0 bridgehead atoms. The van der Waals surface area contributed by atoms with Crippen molar-refractivity contribution < 1.29 is 46.6 Å². The van der Waals surface area contributed by atoms with Gasteiger partial charge in [-0.3, -0.25) is 23.9 Å². The largest absolute Gasteiger partial charge is 0.505 e. The van der Waals surface area contributed by atoms with Gasteiger partial charge in [-0.05, 0) is 84.4 Å². The van der Waals surface area contributed by atoms with Crippen molar-refractivity contribution in [2.45, 2.75) is 107 Å². The van der Waals surface area contributed by atoms with Crippen LogP contribution in [0, 0.1) is 23.6 Å². The number of ether oxygens (including phenoxy) is 1. The minimum Gasteiger partial charge on any atom is -0.505 e. The van der Waals surface area contributed by atoms with E-state index in [2.05, 4.69) is 20.3 Å². The summed E-state index contributed by atoms with van der Waals surface area (Å²) in [4.78, 5) is 77.5. The number of allylic oxidation sites excluding steroid dienone is 1. The molecule has 3 aliphatic heterocycles. The van der Waals surface area contributed by atoms with Gasteiger partial charge in [-0.15, -0.1) is 11.3 Å². The van der Waals surface area contributed by atoms with Crippen LogP contribution in [-0.2, 0) is 29.1 Å². The lowest BCUT2D eigenvalue weighted by Gasteiger charge is -2.33. The Bertz CT molecular complexity index is 2110. The van der Waals surface area contributed by atoms with Crippen LogP contribution in [0.25, 0.3) is 11.3 Å². The van der Waals surface area contributed by atoms with Crippen LogP contribution in [0.15, 0.2) is 35.7 Å². The Morgan fingerprint density at radius 1 is 1.11 bits per heavy atom. The number of phenols is 1. The Morgan fingerprint density at radius 2 is 1.86 bits per heavy atom. The number of rotatable bonds is 6. The number of carbonyl (C=O) groups is 5. The Labute approximate surface area is 334 Å². The van der Waals surface area contributed by atoms with Gasteiger partial charge in [0.05, 0.1) is 10.4 Å². The standard InChI is InChI=1S/C39H49FN6O9S2/c1-37(2,3)55-36(52)42-27-11-9-7-5-6-8-10-24-17-39(24,35(51)44-57(53,54)38(4)14-15-38)43-31(48)30-25-20-45(18-23(25)19-46(30)33(27)49)34(50)32-41-28(21-56-32)22-12-13-29(47)26(40)16-22/h8,10,12-13,16,21,23-25,27,30,47H,5-7,9,11,14-15,17-20H2,1-4H3,(H,42,52)(H,43,48)(H,44,51)/b10-8-/t23-,24-,25-,27+,30-,39+/m0/s1. The Morgan fingerprint density at radius 3 is 2.56 bits per heavy atom. The van der Waals surface area contributed by atoms with Gasteiger partial charge in [-0.2, -0.15) is 0 Å². The Hall–Kier alpha value is -4.58. The average Bonchev–Trinajstić information content (AvgIpc) is 3.81. The SMILES string of the molecule is CC(C)(C)OC(=O)N[C@@H]1CCCCC/C=C\[C@H]2C[C@@]2(C(=O)NS(=O)(=O)C2(C)CC2)NC(=O)[C@@H]2[C@H]3CN(C(=O)c4nc(-c5ccc(O)c(F)c5)cs4)C[C@H]3CN2C1=O. The van der Waals surface area contributed by atoms with Gasteiger partial charge < -0.3 is 30.3 Å². The number of sulfonamides is 1. The zero-order chi connectivity index (χ0) is 41.1. The third-order valence-electron chi connectivity index (χ3n) is 11.8. The second-order valence-electron chi connectivity index (χ2n) is 17.2. The van der Waals surface area contributed by atoms with Gasteiger partial charge in [0.1, 0.15) is 23.2 Å². The van der Waals surface area contributed by atoms with Crippen LogP contribution in [0.4, 0.5) is 9.18 Å². The van der Waals surface area contributed by atoms with E-state index in [4.69, 9.17) is 4.74 Å². The molecular formula is C39H49FN6O9S2.